The zero-order valence-electron chi connectivity index (χ0n) is 10.8. The number of nitrogens with one attached hydrogen (secondary N) is 1. The number of thiazole rings is 1. The molecule has 0 spiro atoms. The number of sulfonamides is 1. The van der Waals surface area contributed by atoms with Gasteiger partial charge in [0, 0.05) is 31.8 Å². The minimum absolute atomic E-state index is 0.0649. The Bertz CT molecular complexity index is 722. The van der Waals surface area contributed by atoms with Crippen molar-refractivity contribution < 1.29 is 13.2 Å². The van der Waals surface area contributed by atoms with Crippen molar-refractivity contribution in [1.82, 2.24) is 13.7 Å². The number of nitrogen functional groups attached to an aromatic ring is 1. The van der Waals surface area contributed by atoms with Gasteiger partial charge < -0.3 is 10.2 Å². The number of rotatable bonds is 4. The molecule has 0 aromatic carbocycles. The number of hydrogen-bond donors (Lipinski definition) is 2. The predicted octanol–water partition coefficient (Wildman–Crippen LogP) is 0.0908. The third-order valence-electron chi connectivity index (χ3n) is 3.38. The Morgan fingerprint density at radius 1 is 1.60 bits per heavy atom. The first-order valence-corrected chi connectivity index (χ1v) is 8.35. The van der Waals surface area contributed by atoms with Crippen LogP contribution in [0.25, 0.3) is 4.96 Å². The number of hydrogen-bond acceptors (Lipinski definition) is 7. The minimum atomic E-state index is -3.66. The lowest BCUT2D eigenvalue weighted by molar-refractivity contribution is 0.115. The molecule has 3 rings (SSSR count). The van der Waals surface area contributed by atoms with Crippen LogP contribution in [0.1, 0.15) is 6.42 Å². The molecule has 20 heavy (non-hydrogen) atoms. The average molecular weight is 317 g/mol. The molecular formula is C10H15N5O3S2. The van der Waals surface area contributed by atoms with Crippen molar-refractivity contribution in [2.75, 3.05) is 25.6 Å². The largest absolute Gasteiger partial charge is 0.380 e. The molecule has 3 N–H and O–H groups in total. The van der Waals surface area contributed by atoms with E-state index in [1.807, 2.05) is 0 Å². The number of imidazole rings is 1. The summed E-state index contributed by atoms with van der Waals surface area (Å²) in [6.45, 7) is 0.780. The Balaban J connectivity index is 2.07. The van der Waals surface area contributed by atoms with Crippen LogP contribution in [0.5, 0.6) is 0 Å². The van der Waals surface area contributed by atoms with E-state index in [-0.39, 0.29) is 16.9 Å². The van der Waals surface area contributed by atoms with Crippen LogP contribution < -0.4 is 11.3 Å². The van der Waals surface area contributed by atoms with E-state index >= 15 is 0 Å². The highest BCUT2D eigenvalue weighted by Crippen LogP contribution is 2.29. The number of methoxy groups -OCH3 is 1. The molecule has 3 heterocycles. The number of nitrogens with two attached hydrogens (primary N) is 1. The summed E-state index contributed by atoms with van der Waals surface area (Å²) >= 11 is 1.35. The number of hydrazine groups is 1. The molecule has 0 bridgehead atoms. The molecule has 8 nitrogen and oxygen atoms in total. The van der Waals surface area contributed by atoms with Crippen molar-refractivity contribution in [2.24, 2.45) is 5.84 Å². The molecule has 1 aliphatic rings. The summed E-state index contributed by atoms with van der Waals surface area (Å²) in [6.07, 6.45) is 2.29. The molecule has 110 valence electrons. The van der Waals surface area contributed by atoms with Gasteiger partial charge in [-0.3, -0.25) is 4.40 Å². The van der Waals surface area contributed by atoms with Gasteiger partial charge in [-0.05, 0) is 6.42 Å². The molecule has 0 saturated carbocycles. The summed E-state index contributed by atoms with van der Waals surface area (Å²) in [5.41, 5.74) is 2.36. The molecule has 1 saturated heterocycles. The summed E-state index contributed by atoms with van der Waals surface area (Å²) in [5.74, 6) is 5.56. The van der Waals surface area contributed by atoms with Crippen molar-refractivity contribution in [3.63, 3.8) is 0 Å². The molecule has 0 amide bonds. The Labute approximate surface area is 120 Å². The third-order valence-corrected chi connectivity index (χ3v) is 6.03. The van der Waals surface area contributed by atoms with Gasteiger partial charge in [-0.2, -0.15) is 9.29 Å². The third kappa shape index (κ3) is 2.00. The van der Waals surface area contributed by atoms with E-state index in [1.165, 1.54) is 20.0 Å². The molecule has 2 aromatic heterocycles. The molecule has 0 radical (unpaired) electrons. The fourth-order valence-electron chi connectivity index (χ4n) is 2.34. The first kappa shape index (κ1) is 13.8. The van der Waals surface area contributed by atoms with E-state index in [9.17, 15) is 8.42 Å². The van der Waals surface area contributed by atoms with E-state index in [4.69, 9.17) is 10.6 Å². The Morgan fingerprint density at radius 2 is 2.40 bits per heavy atom. The maximum absolute atomic E-state index is 12.8. The van der Waals surface area contributed by atoms with Crippen LogP contribution in [-0.4, -0.2) is 48.4 Å². The number of fused-ring (bicyclic) bond motifs is 1. The van der Waals surface area contributed by atoms with Crippen molar-refractivity contribution in [2.45, 2.75) is 17.6 Å². The maximum atomic E-state index is 12.8. The van der Waals surface area contributed by atoms with Crippen molar-refractivity contribution in [3.8, 4) is 0 Å². The van der Waals surface area contributed by atoms with Gasteiger partial charge in [0.1, 0.15) is 0 Å². The van der Waals surface area contributed by atoms with E-state index < -0.39 is 10.0 Å². The topological polar surface area (TPSA) is 102 Å². The Hall–Kier alpha value is -1.20. The number of ether oxygens (including phenoxy) is 1. The normalized spacial score (nSPS) is 20.8. The summed E-state index contributed by atoms with van der Waals surface area (Å²) in [4.78, 5) is 4.76. The van der Waals surface area contributed by atoms with E-state index in [0.29, 0.717) is 24.5 Å². The number of aromatic nitrogens is 2. The number of anilines is 1. The second-order valence-corrected chi connectivity index (χ2v) is 7.20. The lowest BCUT2D eigenvalue weighted by Crippen LogP contribution is -2.31. The van der Waals surface area contributed by atoms with E-state index in [2.05, 4.69) is 10.4 Å². The smallest absolute Gasteiger partial charge is 0.263 e. The van der Waals surface area contributed by atoms with Crippen LogP contribution in [0, 0.1) is 0 Å². The van der Waals surface area contributed by atoms with Gasteiger partial charge >= 0.3 is 0 Å². The molecule has 1 unspecified atom stereocenters. The summed E-state index contributed by atoms with van der Waals surface area (Å²) in [7, 11) is -2.07. The van der Waals surface area contributed by atoms with Crippen LogP contribution in [0.15, 0.2) is 16.6 Å². The average Bonchev–Trinajstić information content (AvgIpc) is 3.12. The molecule has 0 aliphatic carbocycles. The molecule has 10 heteroatoms. The van der Waals surface area contributed by atoms with E-state index in [1.54, 1.807) is 18.7 Å². The zero-order valence-corrected chi connectivity index (χ0v) is 12.4. The highest BCUT2D eigenvalue weighted by molar-refractivity contribution is 7.89. The van der Waals surface area contributed by atoms with E-state index in [0.717, 1.165) is 0 Å². The molecule has 2 aromatic rings. The van der Waals surface area contributed by atoms with Gasteiger partial charge in [0.25, 0.3) is 10.0 Å². The van der Waals surface area contributed by atoms with Crippen LogP contribution in [0.3, 0.4) is 0 Å². The lowest BCUT2D eigenvalue weighted by Gasteiger charge is -2.16. The van der Waals surface area contributed by atoms with Gasteiger partial charge in [0.15, 0.2) is 10.8 Å². The maximum Gasteiger partial charge on any atom is 0.263 e. The molecular weight excluding hydrogens is 302 g/mol. The highest BCUT2D eigenvalue weighted by atomic mass is 32.2. The van der Waals surface area contributed by atoms with Crippen molar-refractivity contribution in [1.29, 1.82) is 0 Å². The van der Waals surface area contributed by atoms with Gasteiger partial charge in [-0.15, -0.1) is 11.3 Å². The molecule has 1 atom stereocenters. The van der Waals surface area contributed by atoms with Crippen LogP contribution >= 0.6 is 11.3 Å². The van der Waals surface area contributed by atoms with Crippen LogP contribution in [0.4, 0.5) is 5.82 Å². The first-order valence-electron chi connectivity index (χ1n) is 6.03. The quantitative estimate of drug-likeness (QED) is 0.612. The zero-order chi connectivity index (χ0) is 14.3. The van der Waals surface area contributed by atoms with Crippen molar-refractivity contribution >= 4 is 32.1 Å². The van der Waals surface area contributed by atoms with Gasteiger partial charge in [0.05, 0.1) is 6.10 Å². The van der Waals surface area contributed by atoms with Crippen LogP contribution in [-0.2, 0) is 14.8 Å². The SMILES string of the molecule is COC1CCN(S(=O)(=O)c2c(NN)nc3sccn23)C1. The van der Waals surface area contributed by atoms with Crippen LogP contribution in [0.2, 0.25) is 0 Å². The molecule has 1 fully saturated rings. The predicted molar refractivity (Wildman–Crippen MR) is 75.1 cm³/mol. The van der Waals surface area contributed by atoms with Gasteiger partial charge in [-0.1, -0.05) is 0 Å². The lowest BCUT2D eigenvalue weighted by atomic mass is 10.3. The summed E-state index contributed by atoms with van der Waals surface area (Å²) in [6, 6.07) is 0. The fraction of sp³-hybridized carbons (Fsp3) is 0.500. The second-order valence-electron chi connectivity index (χ2n) is 4.47. The Kier molecular flexibility index (Phi) is 3.42. The Morgan fingerprint density at radius 3 is 3.05 bits per heavy atom. The molecule has 1 aliphatic heterocycles. The summed E-state index contributed by atoms with van der Waals surface area (Å²) < 4.78 is 33.7. The monoisotopic (exact) mass is 317 g/mol. The minimum Gasteiger partial charge on any atom is -0.380 e. The summed E-state index contributed by atoms with van der Waals surface area (Å²) in [5, 5.41) is 1.86. The van der Waals surface area contributed by atoms with Crippen molar-refractivity contribution in [3.05, 3.63) is 11.6 Å². The fourth-order valence-corrected chi connectivity index (χ4v) is 4.81. The van der Waals surface area contributed by atoms with Gasteiger partial charge in [0.2, 0.25) is 5.03 Å². The first-order chi connectivity index (χ1) is 9.57. The highest BCUT2D eigenvalue weighted by Gasteiger charge is 2.36. The number of nitrogens with zero attached hydrogens (tertiary/aromatic N) is 3. The second kappa shape index (κ2) is 4.97. The van der Waals surface area contributed by atoms with Gasteiger partial charge in [-0.25, -0.2) is 14.3 Å². The standard InChI is InChI=1S/C10H15N5O3S2/c1-18-7-2-3-14(6-7)20(16,17)9-8(13-11)12-10-15(9)4-5-19-10/h4-5,7,13H,2-3,6,11H2,1H3.